The summed E-state index contributed by atoms with van der Waals surface area (Å²) in [5, 5.41) is 5.96. The van der Waals surface area contributed by atoms with Gasteiger partial charge in [0.15, 0.2) is 0 Å². The molecule has 0 bridgehead atoms. The molecule has 2 aromatic carbocycles. The summed E-state index contributed by atoms with van der Waals surface area (Å²) in [7, 11) is 1.49. The van der Waals surface area contributed by atoms with Gasteiger partial charge in [0, 0.05) is 22.8 Å². The highest BCUT2D eigenvalue weighted by Crippen LogP contribution is 2.24. The lowest BCUT2D eigenvalue weighted by atomic mass is 10.1. The van der Waals surface area contributed by atoms with Crippen molar-refractivity contribution in [3.8, 4) is 5.75 Å². The minimum Gasteiger partial charge on any atom is -0.496 e. The SMILES string of the molecule is CCC(=O)Nc1ccc(NC(=O)c2cc(Cl)ccc2OC)cc1. The number of hydrogen-bond acceptors (Lipinski definition) is 3. The maximum absolute atomic E-state index is 12.3. The van der Waals surface area contributed by atoms with Gasteiger partial charge in [0.2, 0.25) is 5.91 Å². The Hall–Kier alpha value is -2.53. The highest BCUT2D eigenvalue weighted by molar-refractivity contribution is 6.31. The number of hydrogen-bond donors (Lipinski definition) is 2. The van der Waals surface area contributed by atoms with Gasteiger partial charge in [-0.05, 0) is 42.5 Å². The topological polar surface area (TPSA) is 67.4 Å². The predicted octanol–water partition coefficient (Wildman–Crippen LogP) is 3.95. The molecule has 0 aliphatic rings. The molecular formula is C17H17ClN2O3. The average molecular weight is 333 g/mol. The van der Waals surface area contributed by atoms with Crippen LogP contribution in [-0.4, -0.2) is 18.9 Å². The summed E-state index contributed by atoms with van der Waals surface area (Å²) < 4.78 is 5.17. The molecule has 0 aromatic heterocycles. The molecule has 0 heterocycles. The minimum atomic E-state index is -0.324. The van der Waals surface area contributed by atoms with Crippen LogP contribution in [0.4, 0.5) is 11.4 Å². The van der Waals surface area contributed by atoms with E-state index in [0.717, 1.165) is 0 Å². The number of nitrogens with one attached hydrogen (secondary N) is 2. The van der Waals surface area contributed by atoms with Crippen molar-refractivity contribution in [1.82, 2.24) is 0 Å². The number of rotatable bonds is 5. The number of benzene rings is 2. The van der Waals surface area contributed by atoms with Crippen LogP contribution >= 0.6 is 11.6 Å². The fourth-order valence-electron chi connectivity index (χ4n) is 1.94. The van der Waals surface area contributed by atoms with E-state index < -0.39 is 0 Å². The molecule has 0 fully saturated rings. The second kappa shape index (κ2) is 7.65. The van der Waals surface area contributed by atoms with Crippen LogP contribution < -0.4 is 15.4 Å². The van der Waals surface area contributed by atoms with Gasteiger partial charge in [-0.1, -0.05) is 18.5 Å². The van der Waals surface area contributed by atoms with Crippen LogP contribution in [-0.2, 0) is 4.79 Å². The Morgan fingerprint density at radius 2 is 1.65 bits per heavy atom. The van der Waals surface area contributed by atoms with Crippen molar-refractivity contribution >= 4 is 34.8 Å². The first-order chi connectivity index (χ1) is 11.0. The van der Waals surface area contributed by atoms with Crippen LogP contribution in [0.2, 0.25) is 5.02 Å². The number of halogens is 1. The first kappa shape index (κ1) is 16.8. The zero-order valence-electron chi connectivity index (χ0n) is 12.9. The molecule has 0 aliphatic heterocycles. The zero-order chi connectivity index (χ0) is 16.8. The van der Waals surface area contributed by atoms with Gasteiger partial charge in [-0.3, -0.25) is 9.59 Å². The number of carbonyl (C=O) groups is 2. The molecule has 0 aliphatic carbocycles. The molecule has 2 aromatic rings. The van der Waals surface area contributed by atoms with E-state index in [2.05, 4.69) is 10.6 Å². The van der Waals surface area contributed by atoms with E-state index in [1.807, 2.05) is 0 Å². The molecule has 23 heavy (non-hydrogen) atoms. The lowest BCUT2D eigenvalue weighted by molar-refractivity contribution is -0.115. The molecular weight excluding hydrogens is 316 g/mol. The van der Waals surface area contributed by atoms with Gasteiger partial charge in [-0.2, -0.15) is 0 Å². The van der Waals surface area contributed by atoms with Crippen LogP contribution in [0.25, 0.3) is 0 Å². The first-order valence-electron chi connectivity index (χ1n) is 7.08. The molecule has 2 N–H and O–H groups in total. The average Bonchev–Trinajstić information content (AvgIpc) is 2.56. The third-order valence-electron chi connectivity index (χ3n) is 3.15. The number of amides is 2. The van der Waals surface area contributed by atoms with E-state index in [1.54, 1.807) is 49.4 Å². The van der Waals surface area contributed by atoms with E-state index in [4.69, 9.17) is 16.3 Å². The van der Waals surface area contributed by atoms with Gasteiger partial charge < -0.3 is 15.4 Å². The largest absolute Gasteiger partial charge is 0.496 e. The Bertz CT molecular complexity index is 714. The third-order valence-corrected chi connectivity index (χ3v) is 3.39. The Morgan fingerprint density at radius 3 is 2.22 bits per heavy atom. The number of ether oxygens (including phenoxy) is 1. The van der Waals surface area contributed by atoms with Crippen LogP contribution in [0, 0.1) is 0 Å². The van der Waals surface area contributed by atoms with Gasteiger partial charge in [-0.25, -0.2) is 0 Å². The van der Waals surface area contributed by atoms with Crippen LogP contribution in [0.1, 0.15) is 23.7 Å². The van der Waals surface area contributed by atoms with Crippen molar-refractivity contribution in [2.75, 3.05) is 17.7 Å². The molecule has 0 saturated heterocycles. The molecule has 0 spiro atoms. The zero-order valence-corrected chi connectivity index (χ0v) is 13.6. The third kappa shape index (κ3) is 4.47. The van der Waals surface area contributed by atoms with Crippen molar-refractivity contribution in [2.45, 2.75) is 13.3 Å². The predicted molar refractivity (Wildman–Crippen MR) is 91.3 cm³/mol. The molecule has 0 unspecified atom stereocenters. The normalized spacial score (nSPS) is 10.0. The van der Waals surface area contributed by atoms with Gasteiger partial charge >= 0.3 is 0 Å². The molecule has 2 amide bonds. The summed E-state index contributed by atoms with van der Waals surface area (Å²) >= 11 is 5.93. The summed E-state index contributed by atoms with van der Waals surface area (Å²) in [6, 6.07) is 11.7. The Kier molecular flexibility index (Phi) is 5.60. The Morgan fingerprint density at radius 1 is 1.04 bits per heavy atom. The highest BCUT2D eigenvalue weighted by atomic mass is 35.5. The molecule has 0 saturated carbocycles. The number of methoxy groups -OCH3 is 1. The number of carbonyl (C=O) groups excluding carboxylic acids is 2. The van der Waals surface area contributed by atoms with Crippen LogP contribution in [0.3, 0.4) is 0 Å². The van der Waals surface area contributed by atoms with Gasteiger partial charge in [0.05, 0.1) is 12.7 Å². The lowest BCUT2D eigenvalue weighted by Crippen LogP contribution is -2.13. The molecule has 0 atom stereocenters. The molecule has 5 nitrogen and oxygen atoms in total. The van der Waals surface area contributed by atoms with Gasteiger partial charge in [-0.15, -0.1) is 0 Å². The maximum atomic E-state index is 12.3. The molecule has 120 valence electrons. The Balaban J connectivity index is 2.11. The lowest BCUT2D eigenvalue weighted by Gasteiger charge is -2.10. The van der Waals surface area contributed by atoms with E-state index in [1.165, 1.54) is 7.11 Å². The summed E-state index contributed by atoms with van der Waals surface area (Å²) in [4.78, 5) is 23.7. The van der Waals surface area contributed by atoms with Crippen molar-refractivity contribution < 1.29 is 14.3 Å². The second-order valence-electron chi connectivity index (χ2n) is 4.78. The monoisotopic (exact) mass is 332 g/mol. The first-order valence-corrected chi connectivity index (χ1v) is 7.46. The van der Waals surface area contributed by atoms with Crippen LogP contribution in [0.5, 0.6) is 5.75 Å². The minimum absolute atomic E-state index is 0.0644. The Labute approximate surface area is 139 Å². The summed E-state index contributed by atoms with van der Waals surface area (Å²) in [5.41, 5.74) is 1.63. The molecule has 0 radical (unpaired) electrons. The van der Waals surface area contributed by atoms with Crippen molar-refractivity contribution in [3.63, 3.8) is 0 Å². The molecule has 6 heteroatoms. The van der Waals surface area contributed by atoms with Crippen molar-refractivity contribution in [3.05, 3.63) is 53.1 Å². The fraction of sp³-hybridized carbons (Fsp3) is 0.176. The van der Waals surface area contributed by atoms with Crippen molar-refractivity contribution in [1.29, 1.82) is 0 Å². The molecule has 2 rings (SSSR count). The van der Waals surface area contributed by atoms with Crippen molar-refractivity contribution in [2.24, 2.45) is 0 Å². The highest BCUT2D eigenvalue weighted by Gasteiger charge is 2.13. The van der Waals surface area contributed by atoms with Gasteiger partial charge in [0.1, 0.15) is 5.75 Å². The second-order valence-corrected chi connectivity index (χ2v) is 5.21. The van der Waals surface area contributed by atoms with E-state index >= 15 is 0 Å². The summed E-state index contributed by atoms with van der Waals surface area (Å²) in [6.07, 6.45) is 0.410. The standard InChI is InChI=1S/C17H17ClN2O3/c1-3-16(21)19-12-5-7-13(8-6-12)20-17(22)14-10-11(18)4-9-15(14)23-2/h4-10H,3H2,1-2H3,(H,19,21)(H,20,22). The maximum Gasteiger partial charge on any atom is 0.259 e. The fourth-order valence-corrected chi connectivity index (χ4v) is 2.11. The smallest absolute Gasteiger partial charge is 0.259 e. The number of anilines is 2. The summed E-state index contributed by atoms with van der Waals surface area (Å²) in [6.45, 7) is 1.78. The van der Waals surface area contributed by atoms with E-state index in [-0.39, 0.29) is 11.8 Å². The van der Waals surface area contributed by atoms with Crippen LogP contribution in [0.15, 0.2) is 42.5 Å². The van der Waals surface area contributed by atoms with Gasteiger partial charge in [0.25, 0.3) is 5.91 Å². The summed E-state index contributed by atoms with van der Waals surface area (Å²) in [5.74, 6) is 0.0545. The quantitative estimate of drug-likeness (QED) is 0.871. The van der Waals surface area contributed by atoms with E-state index in [0.29, 0.717) is 34.1 Å². The van der Waals surface area contributed by atoms with E-state index in [9.17, 15) is 9.59 Å².